The summed E-state index contributed by atoms with van der Waals surface area (Å²) in [5, 5.41) is 10.0. The van der Waals surface area contributed by atoms with Crippen molar-refractivity contribution in [3.63, 3.8) is 0 Å². The van der Waals surface area contributed by atoms with E-state index in [0.717, 1.165) is 11.1 Å². The van der Waals surface area contributed by atoms with Gasteiger partial charge >= 0.3 is 0 Å². The smallest absolute Gasteiger partial charge is 0.183 e. The van der Waals surface area contributed by atoms with Crippen LogP contribution in [0.3, 0.4) is 0 Å². The molecule has 5 nitrogen and oxygen atoms in total. The number of carbonyl (C=O) groups excluding carboxylic acids is 1. The summed E-state index contributed by atoms with van der Waals surface area (Å²) >= 11 is 0. The lowest BCUT2D eigenvalue weighted by Crippen LogP contribution is -2.33. The second-order valence-corrected chi connectivity index (χ2v) is 8.61. The van der Waals surface area contributed by atoms with Crippen molar-refractivity contribution in [2.45, 2.75) is 24.8 Å². The third-order valence-corrected chi connectivity index (χ3v) is 6.69. The summed E-state index contributed by atoms with van der Waals surface area (Å²) in [6.45, 7) is 4.40. The largest absolute Gasteiger partial charge is 0.646 e. The topological polar surface area (TPSA) is 72.8 Å². The predicted molar refractivity (Wildman–Crippen MR) is 105 cm³/mol. The molecule has 0 saturated carbocycles. The lowest BCUT2D eigenvalue weighted by Gasteiger charge is -2.28. The van der Waals surface area contributed by atoms with E-state index in [2.05, 4.69) is 0 Å². The summed E-state index contributed by atoms with van der Waals surface area (Å²) in [6, 6.07) is 1.69. The number of aliphatic hydroxyl groups is 1. The van der Waals surface area contributed by atoms with Crippen LogP contribution in [0.15, 0.2) is 35.3 Å². The minimum atomic E-state index is -1.78. The molecule has 1 aliphatic heterocycles. The maximum absolute atomic E-state index is 13.1. The molecule has 0 fully saturated rings. The van der Waals surface area contributed by atoms with Gasteiger partial charge in [-0.25, -0.2) is 0 Å². The van der Waals surface area contributed by atoms with Crippen LogP contribution in [-0.4, -0.2) is 58.6 Å². The summed E-state index contributed by atoms with van der Waals surface area (Å²) < 4.78 is 18.9. The van der Waals surface area contributed by atoms with E-state index < -0.39 is 22.8 Å². The van der Waals surface area contributed by atoms with Gasteiger partial charge in [0.25, 0.3) is 0 Å². The van der Waals surface area contributed by atoms with Crippen LogP contribution >= 0.6 is 0 Å². The quantitative estimate of drug-likeness (QED) is 0.480. The number of hydrogen-bond acceptors (Lipinski definition) is 5. The number of rotatable bonds is 5. The van der Waals surface area contributed by atoms with Crippen LogP contribution in [-0.2, 0) is 10.8 Å². The number of likely N-dealkylation sites (N-methyl/N-ethyl adjacent to an activating group) is 1. The fraction of sp³-hybridized carbons (Fsp3) is 0.400. The number of ether oxygens (including phenoxy) is 1. The van der Waals surface area contributed by atoms with Crippen molar-refractivity contribution in [1.29, 1.82) is 0 Å². The number of allylic oxidation sites excluding steroid dienone is 4. The van der Waals surface area contributed by atoms with Crippen molar-refractivity contribution >= 4 is 21.4 Å². The number of fused-ring (bicyclic) bond motifs is 2. The minimum Gasteiger partial charge on any atom is -0.646 e. The predicted octanol–water partition coefficient (Wildman–Crippen LogP) is 1.56. The van der Waals surface area contributed by atoms with Gasteiger partial charge in [-0.05, 0) is 45.6 Å². The van der Waals surface area contributed by atoms with E-state index in [9.17, 15) is 14.5 Å². The molecule has 3 unspecified atom stereocenters. The summed E-state index contributed by atoms with van der Waals surface area (Å²) in [7, 11) is 1.99. The normalized spacial score (nSPS) is 22.4. The molecule has 1 aliphatic carbocycles. The molecular weight excluding hydrogens is 350 g/mol. The molecule has 3 rings (SSSR count). The van der Waals surface area contributed by atoms with Gasteiger partial charge in [0.2, 0.25) is 0 Å². The zero-order valence-electron chi connectivity index (χ0n) is 15.5. The standard InChI is InChI=1S/C20H25NO4S/c1-12-13(2)20-16(9-17(12)25-11-14(22)10-21(3)4)19(23)15-7-5-6-8-18(15)26(20)24/h5-9,14-15,22,26H,10-11H2,1-4H3. The van der Waals surface area contributed by atoms with E-state index in [1.807, 2.05) is 45.0 Å². The first-order valence-electron chi connectivity index (χ1n) is 8.64. The number of thiol groups is 1. The van der Waals surface area contributed by atoms with Crippen LogP contribution in [0, 0.1) is 19.8 Å². The van der Waals surface area contributed by atoms with E-state index >= 15 is 0 Å². The average molecular weight is 375 g/mol. The highest BCUT2D eigenvalue weighted by Crippen LogP contribution is 2.36. The van der Waals surface area contributed by atoms with Gasteiger partial charge in [0.1, 0.15) is 34.1 Å². The molecule has 3 atom stereocenters. The lowest BCUT2D eigenvalue weighted by molar-refractivity contribution is 0.0826. The van der Waals surface area contributed by atoms with E-state index in [1.165, 1.54) is 0 Å². The van der Waals surface area contributed by atoms with E-state index in [4.69, 9.17) is 4.74 Å². The molecule has 0 bridgehead atoms. The summed E-state index contributed by atoms with van der Waals surface area (Å²) in [5.74, 6) is 0.0620. The molecule has 0 aromatic heterocycles. The fourth-order valence-corrected chi connectivity index (χ4v) is 5.18. The van der Waals surface area contributed by atoms with Gasteiger partial charge < -0.3 is 19.3 Å². The Bertz CT molecular complexity index is 839. The number of ketones is 1. The summed E-state index contributed by atoms with van der Waals surface area (Å²) in [5.41, 5.74) is 2.15. The van der Waals surface area contributed by atoms with E-state index in [-0.39, 0.29) is 12.4 Å². The fourth-order valence-electron chi connectivity index (χ4n) is 3.38. The average Bonchev–Trinajstić information content (AvgIpc) is 2.60. The second kappa shape index (κ2) is 7.48. The maximum atomic E-state index is 13.1. The van der Waals surface area contributed by atoms with Gasteiger partial charge in [-0.2, -0.15) is 0 Å². The van der Waals surface area contributed by atoms with E-state index in [1.54, 1.807) is 18.2 Å². The summed E-state index contributed by atoms with van der Waals surface area (Å²) in [6.07, 6.45) is 6.60. The number of Topliss-reactive ketones (excluding diaryl/α,β-unsaturated/α-hetero) is 1. The van der Waals surface area contributed by atoms with Gasteiger partial charge in [0, 0.05) is 12.1 Å². The second-order valence-electron chi connectivity index (χ2n) is 7.05. The van der Waals surface area contributed by atoms with Crippen molar-refractivity contribution in [3.8, 4) is 5.75 Å². The molecule has 1 heterocycles. The Kier molecular flexibility index (Phi) is 5.48. The first-order chi connectivity index (χ1) is 12.3. The monoisotopic (exact) mass is 375 g/mol. The van der Waals surface area contributed by atoms with E-state index in [0.29, 0.717) is 27.6 Å². The Hall–Kier alpha value is -1.73. The zero-order chi connectivity index (χ0) is 19.0. The van der Waals surface area contributed by atoms with Crippen LogP contribution in [0.1, 0.15) is 21.5 Å². The molecule has 140 valence electrons. The van der Waals surface area contributed by atoms with Crippen LogP contribution < -0.4 is 4.74 Å². The Morgan fingerprint density at radius 1 is 1.31 bits per heavy atom. The molecule has 6 heteroatoms. The third kappa shape index (κ3) is 3.42. The molecule has 1 aromatic carbocycles. The highest BCUT2D eigenvalue weighted by molar-refractivity contribution is 7.91. The molecular formula is C20H25NO4S. The van der Waals surface area contributed by atoms with Gasteiger partial charge in [-0.3, -0.25) is 4.79 Å². The number of nitrogens with zero attached hydrogens (tertiary/aromatic N) is 1. The Morgan fingerprint density at radius 2 is 2.04 bits per heavy atom. The highest BCUT2D eigenvalue weighted by Gasteiger charge is 2.36. The molecule has 26 heavy (non-hydrogen) atoms. The maximum Gasteiger partial charge on any atom is 0.183 e. The molecule has 1 aromatic rings. The molecule has 0 radical (unpaired) electrons. The minimum absolute atomic E-state index is 0.0491. The number of carbonyl (C=O) groups is 1. The van der Waals surface area contributed by atoms with Crippen LogP contribution in [0.4, 0.5) is 0 Å². The summed E-state index contributed by atoms with van der Waals surface area (Å²) in [4.78, 5) is 16.1. The molecule has 0 saturated heterocycles. The zero-order valence-corrected chi connectivity index (χ0v) is 16.4. The first kappa shape index (κ1) is 19.0. The molecule has 0 spiro atoms. The van der Waals surface area contributed by atoms with Crippen LogP contribution in [0.25, 0.3) is 0 Å². The van der Waals surface area contributed by atoms with Gasteiger partial charge in [0.15, 0.2) is 5.78 Å². The van der Waals surface area contributed by atoms with Crippen LogP contribution in [0.2, 0.25) is 0 Å². The molecule has 1 N–H and O–H groups in total. The van der Waals surface area contributed by atoms with Crippen molar-refractivity contribution in [2.24, 2.45) is 5.92 Å². The highest BCUT2D eigenvalue weighted by atomic mass is 32.2. The number of hydrogen-bond donors (Lipinski definition) is 1. The SMILES string of the molecule is Cc1c(OCC(O)CN(C)C)cc2c(c1C)[SH+]([O-])=C1C=CC=CC1C2=O. The van der Waals surface area contributed by atoms with Crippen molar-refractivity contribution in [1.82, 2.24) is 4.90 Å². The van der Waals surface area contributed by atoms with Gasteiger partial charge in [-0.15, -0.1) is 10.8 Å². The van der Waals surface area contributed by atoms with Gasteiger partial charge in [-0.1, -0.05) is 18.2 Å². The molecule has 0 amide bonds. The Labute approximate surface area is 156 Å². The first-order valence-corrected chi connectivity index (χ1v) is 9.90. The molecule has 2 aliphatic rings. The Morgan fingerprint density at radius 3 is 2.73 bits per heavy atom. The number of benzene rings is 1. The van der Waals surface area contributed by atoms with Crippen molar-refractivity contribution in [3.05, 3.63) is 47.1 Å². The number of aliphatic hydroxyl groups excluding tert-OH is 1. The van der Waals surface area contributed by atoms with Crippen molar-refractivity contribution in [2.75, 3.05) is 27.2 Å². The van der Waals surface area contributed by atoms with Gasteiger partial charge in [0.05, 0.1) is 5.56 Å². The lowest BCUT2D eigenvalue weighted by atomic mass is 9.89. The van der Waals surface area contributed by atoms with Crippen molar-refractivity contribution < 1.29 is 19.2 Å². The third-order valence-electron chi connectivity index (χ3n) is 4.81. The Balaban J connectivity index is 1.98. The van der Waals surface area contributed by atoms with Crippen LogP contribution in [0.5, 0.6) is 5.75 Å².